The summed E-state index contributed by atoms with van der Waals surface area (Å²) >= 11 is 13.4. The van der Waals surface area contributed by atoms with Crippen molar-refractivity contribution < 1.29 is 4.39 Å². The van der Waals surface area contributed by atoms with E-state index in [2.05, 4.69) is 27.6 Å². The molecule has 0 spiro atoms. The predicted molar refractivity (Wildman–Crippen MR) is 86.1 cm³/mol. The van der Waals surface area contributed by atoms with E-state index >= 15 is 0 Å². The maximum absolute atomic E-state index is 13.5. The number of aromatic amines is 1. The maximum atomic E-state index is 13.5. The standard InChI is InChI=1S/C13H7ClFIN2S/c14-9-5-12-11(6-10(9)15)17-13(19)18(12)8-3-1-2-7(16)4-8/h1-6H,(H,17,19). The van der Waals surface area contributed by atoms with Crippen LogP contribution in [0.3, 0.4) is 0 Å². The number of hydrogen-bond acceptors (Lipinski definition) is 1. The second-order valence-electron chi connectivity index (χ2n) is 4.03. The summed E-state index contributed by atoms with van der Waals surface area (Å²) in [4.78, 5) is 2.99. The van der Waals surface area contributed by atoms with Crippen LogP contribution in [-0.4, -0.2) is 9.55 Å². The van der Waals surface area contributed by atoms with Crippen LogP contribution in [0.25, 0.3) is 16.7 Å². The van der Waals surface area contributed by atoms with E-state index in [1.54, 1.807) is 6.07 Å². The molecule has 0 aliphatic rings. The molecule has 0 saturated heterocycles. The van der Waals surface area contributed by atoms with Crippen LogP contribution in [0.4, 0.5) is 4.39 Å². The highest BCUT2D eigenvalue weighted by Crippen LogP contribution is 2.25. The van der Waals surface area contributed by atoms with E-state index in [-0.39, 0.29) is 5.02 Å². The maximum Gasteiger partial charge on any atom is 0.182 e. The Kier molecular flexibility index (Phi) is 3.36. The number of H-pyrrole nitrogens is 1. The molecule has 1 aromatic heterocycles. The molecule has 0 fully saturated rings. The molecule has 0 saturated carbocycles. The van der Waals surface area contributed by atoms with Crippen LogP contribution >= 0.6 is 46.4 Å². The average molecular weight is 405 g/mol. The molecular formula is C13H7ClFIN2S. The third-order valence-electron chi connectivity index (χ3n) is 2.79. The minimum atomic E-state index is -0.458. The zero-order valence-electron chi connectivity index (χ0n) is 9.45. The van der Waals surface area contributed by atoms with Crippen LogP contribution in [0.1, 0.15) is 0 Å². The molecule has 3 aromatic rings. The molecule has 3 rings (SSSR count). The fourth-order valence-corrected chi connectivity index (χ4v) is 2.97. The molecule has 0 aliphatic heterocycles. The third kappa shape index (κ3) is 2.30. The summed E-state index contributed by atoms with van der Waals surface area (Å²) in [7, 11) is 0. The van der Waals surface area contributed by atoms with Gasteiger partial charge in [0.05, 0.1) is 16.1 Å². The van der Waals surface area contributed by atoms with Crippen LogP contribution in [-0.2, 0) is 0 Å². The van der Waals surface area contributed by atoms with Crippen molar-refractivity contribution in [3.63, 3.8) is 0 Å². The number of rotatable bonds is 1. The highest BCUT2D eigenvalue weighted by molar-refractivity contribution is 14.1. The molecule has 0 radical (unpaired) electrons. The van der Waals surface area contributed by atoms with Gasteiger partial charge in [0.2, 0.25) is 0 Å². The fraction of sp³-hybridized carbons (Fsp3) is 0. The van der Waals surface area contributed by atoms with Crippen LogP contribution < -0.4 is 0 Å². The van der Waals surface area contributed by atoms with Gasteiger partial charge >= 0.3 is 0 Å². The molecule has 0 amide bonds. The Morgan fingerprint density at radius 2 is 2.05 bits per heavy atom. The van der Waals surface area contributed by atoms with E-state index in [1.807, 2.05) is 28.8 Å². The number of nitrogens with one attached hydrogen (secondary N) is 1. The summed E-state index contributed by atoms with van der Waals surface area (Å²) in [6.07, 6.45) is 0. The first-order chi connectivity index (χ1) is 9.06. The SMILES string of the molecule is Fc1cc2[nH]c(=S)n(-c3cccc(I)c3)c2cc1Cl. The molecule has 0 unspecified atom stereocenters. The minimum absolute atomic E-state index is 0.0841. The van der Waals surface area contributed by atoms with Crippen molar-refractivity contribution in [3.8, 4) is 5.69 Å². The zero-order chi connectivity index (χ0) is 13.6. The van der Waals surface area contributed by atoms with Gasteiger partial charge in [-0.05, 0) is 59.1 Å². The van der Waals surface area contributed by atoms with Gasteiger partial charge in [0.1, 0.15) is 5.82 Å². The summed E-state index contributed by atoms with van der Waals surface area (Å²) in [5.74, 6) is -0.458. The number of benzene rings is 2. The van der Waals surface area contributed by atoms with Crippen LogP contribution in [0.5, 0.6) is 0 Å². The normalized spacial score (nSPS) is 11.1. The van der Waals surface area contributed by atoms with Crippen LogP contribution in [0.15, 0.2) is 36.4 Å². The van der Waals surface area contributed by atoms with Crippen molar-refractivity contribution in [3.05, 3.63) is 55.6 Å². The monoisotopic (exact) mass is 404 g/mol. The lowest BCUT2D eigenvalue weighted by atomic mass is 10.2. The lowest BCUT2D eigenvalue weighted by molar-refractivity contribution is 0.630. The van der Waals surface area contributed by atoms with Crippen LogP contribution in [0.2, 0.25) is 5.02 Å². The molecule has 0 aliphatic carbocycles. The summed E-state index contributed by atoms with van der Waals surface area (Å²) in [6, 6.07) is 10.8. The molecule has 1 heterocycles. The minimum Gasteiger partial charge on any atom is -0.330 e. The van der Waals surface area contributed by atoms with E-state index in [0.29, 0.717) is 10.3 Å². The molecule has 6 heteroatoms. The predicted octanol–water partition coefficient (Wildman–Crippen LogP) is 5.09. The van der Waals surface area contributed by atoms with Gasteiger partial charge in [0, 0.05) is 15.3 Å². The summed E-state index contributed by atoms with van der Waals surface area (Å²) in [5, 5.41) is 0.0841. The Labute approximate surface area is 132 Å². The number of nitrogens with zero attached hydrogens (tertiary/aromatic N) is 1. The summed E-state index contributed by atoms with van der Waals surface area (Å²) in [5.41, 5.74) is 2.31. The fourth-order valence-electron chi connectivity index (χ4n) is 1.97. The van der Waals surface area contributed by atoms with E-state index in [9.17, 15) is 4.39 Å². The molecule has 96 valence electrons. The largest absolute Gasteiger partial charge is 0.330 e. The molecule has 2 aromatic carbocycles. The first kappa shape index (κ1) is 13.1. The first-order valence-electron chi connectivity index (χ1n) is 5.42. The van der Waals surface area contributed by atoms with E-state index in [0.717, 1.165) is 14.8 Å². The highest BCUT2D eigenvalue weighted by atomic mass is 127. The first-order valence-corrected chi connectivity index (χ1v) is 7.28. The van der Waals surface area contributed by atoms with Crippen molar-refractivity contribution in [2.45, 2.75) is 0 Å². The van der Waals surface area contributed by atoms with Gasteiger partial charge < -0.3 is 4.98 Å². The molecule has 1 N–H and O–H groups in total. The van der Waals surface area contributed by atoms with Gasteiger partial charge in [-0.1, -0.05) is 17.7 Å². The van der Waals surface area contributed by atoms with Crippen molar-refractivity contribution in [1.29, 1.82) is 0 Å². The third-order valence-corrected chi connectivity index (χ3v) is 4.04. The van der Waals surface area contributed by atoms with Gasteiger partial charge in [0.15, 0.2) is 4.77 Å². The van der Waals surface area contributed by atoms with Crippen molar-refractivity contribution in [1.82, 2.24) is 9.55 Å². The highest BCUT2D eigenvalue weighted by Gasteiger charge is 2.10. The second kappa shape index (κ2) is 4.88. The lowest BCUT2D eigenvalue weighted by Crippen LogP contribution is -1.94. The second-order valence-corrected chi connectivity index (χ2v) is 6.07. The molecule has 0 atom stereocenters. The molecule has 19 heavy (non-hydrogen) atoms. The van der Waals surface area contributed by atoms with Gasteiger partial charge in [0.25, 0.3) is 0 Å². The molecule has 2 nitrogen and oxygen atoms in total. The van der Waals surface area contributed by atoms with Gasteiger partial charge in [-0.3, -0.25) is 4.57 Å². The molecular weight excluding hydrogens is 398 g/mol. The number of aromatic nitrogens is 2. The zero-order valence-corrected chi connectivity index (χ0v) is 13.2. The summed E-state index contributed by atoms with van der Waals surface area (Å²) < 4.78 is 16.9. The quantitative estimate of drug-likeness (QED) is 0.443. The Bertz CT molecular complexity index is 840. The molecule has 0 bridgehead atoms. The van der Waals surface area contributed by atoms with Gasteiger partial charge in [-0.15, -0.1) is 0 Å². The number of imidazole rings is 1. The van der Waals surface area contributed by atoms with Crippen molar-refractivity contribution in [2.24, 2.45) is 0 Å². The smallest absolute Gasteiger partial charge is 0.182 e. The topological polar surface area (TPSA) is 20.7 Å². The van der Waals surface area contributed by atoms with Crippen LogP contribution in [0, 0.1) is 14.2 Å². The van der Waals surface area contributed by atoms with Crippen molar-refractivity contribution >= 4 is 57.4 Å². The van der Waals surface area contributed by atoms with E-state index in [1.165, 1.54) is 6.07 Å². The average Bonchev–Trinajstić information content (AvgIpc) is 2.65. The van der Waals surface area contributed by atoms with Gasteiger partial charge in [-0.25, -0.2) is 4.39 Å². The number of hydrogen-bond donors (Lipinski definition) is 1. The van der Waals surface area contributed by atoms with E-state index in [4.69, 9.17) is 23.8 Å². The summed E-state index contributed by atoms with van der Waals surface area (Å²) in [6.45, 7) is 0. The van der Waals surface area contributed by atoms with Crippen molar-refractivity contribution in [2.75, 3.05) is 0 Å². The van der Waals surface area contributed by atoms with E-state index < -0.39 is 5.82 Å². The Morgan fingerprint density at radius 1 is 1.26 bits per heavy atom. The lowest BCUT2D eigenvalue weighted by Gasteiger charge is -2.05. The Morgan fingerprint density at radius 3 is 2.79 bits per heavy atom. The number of halogens is 3. The number of fused-ring (bicyclic) bond motifs is 1. The van der Waals surface area contributed by atoms with Gasteiger partial charge in [-0.2, -0.15) is 0 Å². The Hall–Kier alpha value is -0.920. The Balaban J connectivity index is 2.38.